The number of para-hydroxylation sites is 2. The molecule has 8 heteroatoms. The monoisotopic (exact) mass is 368 g/mol. The summed E-state index contributed by atoms with van der Waals surface area (Å²) in [6, 6.07) is 7.29. The third-order valence-electron chi connectivity index (χ3n) is 4.34. The summed E-state index contributed by atoms with van der Waals surface area (Å²) in [5, 5.41) is 2.86. The van der Waals surface area contributed by atoms with Crippen LogP contribution < -0.4 is 14.8 Å². The van der Waals surface area contributed by atoms with Gasteiger partial charge in [-0.3, -0.25) is 0 Å². The molecule has 2 amide bonds. The quantitative estimate of drug-likeness (QED) is 0.869. The van der Waals surface area contributed by atoms with Crippen molar-refractivity contribution in [3.8, 4) is 11.5 Å². The molecule has 25 heavy (non-hydrogen) atoms. The summed E-state index contributed by atoms with van der Waals surface area (Å²) in [7, 11) is -3.06. The number of ether oxygens (including phenoxy) is 2. The van der Waals surface area contributed by atoms with Gasteiger partial charge in [0.1, 0.15) is 12.7 Å². The van der Waals surface area contributed by atoms with Crippen molar-refractivity contribution in [1.82, 2.24) is 10.2 Å². The summed E-state index contributed by atoms with van der Waals surface area (Å²) in [5.41, 5.74) is 0. The van der Waals surface area contributed by atoms with E-state index in [1.54, 1.807) is 4.90 Å². The number of nitrogens with zero attached hydrogens (tertiary/aromatic N) is 1. The smallest absolute Gasteiger partial charge is 0.317 e. The molecule has 1 fully saturated rings. The van der Waals surface area contributed by atoms with Crippen molar-refractivity contribution in [2.75, 3.05) is 37.7 Å². The summed E-state index contributed by atoms with van der Waals surface area (Å²) in [5.74, 6) is 1.58. The maximum Gasteiger partial charge on any atom is 0.317 e. The maximum atomic E-state index is 12.3. The van der Waals surface area contributed by atoms with Gasteiger partial charge in [0, 0.05) is 26.1 Å². The van der Waals surface area contributed by atoms with E-state index in [9.17, 15) is 13.2 Å². The minimum Gasteiger partial charge on any atom is -0.486 e. The van der Waals surface area contributed by atoms with Gasteiger partial charge in [0.05, 0.1) is 11.5 Å². The van der Waals surface area contributed by atoms with Gasteiger partial charge in [-0.05, 0) is 18.1 Å². The van der Waals surface area contributed by atoms with Gasteiger partial charge in [0.2, 0.25) is 0 Å². The highest BCUT2D eigenvalue weighted by atomic mass is 32.2. The Morgan fingerprint density at radius 3 is 2.88 bits per heavy atom. The molecule has 1 aromatic rings. The minimum absolute atomic E-state index is 0.0289. The van der Waals surface area contributed by atoms with E-state index in [1.807, 2.05) is 31.2 Å². The first-order valence-corrected chi connectivity index (χ1v) is 10.4. The molecule has 0 aliphatic carbocycles. The van der Waals surface area contributed by atoms with Crippen LogP contribution in [0.25, 0.3) is 0 Å². The van der Waals surface area contributed by atoms with E-state index >= 15 is 0 Å². The Labute approximate surface area is 148 Å². The molecule has 138 valence electrons. The molecule has 0 bridgehead atoms. The average molecular weight is 368 g/mol. The van der Waals surface area contributed by atoms with Crippen LogP contribution in [0.15, 0.2) is 24.3 Å². The molecule has 2 atom stereocenters. The SMILES string of the molecule is CC1CN(C(=O)NCCC2COc3ccccc3O2)CCS(=O)(=O)C1. The number of nitrogens with one attached hydrogen (secondary N) is 1. The third kappa shape index (κ3) is 4.78. The Bertz CT molecular complexity index is 722. The standard InChI is InChI=1S/C17H24N2O5S/c1-13-10-19(8-9-25(21,22)12-13)17(20)18-7-6-14-11-23-15-4-2-3-5-16(15)24-14/h2-5,13-14H,6-12H2,1H3,(H,18,20). The number of sulfone groups is 1. The molecule has 2 heterocycles. The number of benzene rings is 1. The zero-order chi connectivity index (χ0) is 17.9. The van der Waals surface area contributed by atoms with E-state index in [-0.39, 0.29) is 36.1 Å². The molecular weight excluding hydrogens is 344 g/mol. The predicted molar refractivity (Wildman–Crippen MR) is 93.8 cm³/mol. The van der Waals surface area contributed by atoms with Crippen LogP contribution in [0.4, 0.5) is 4.79 Å². The molecule has 2 aliphatic heterocycles. The fraction of sp³-hybridized carbons (Fsp3) is 0.588. The minimum atomic E-state index is -3.06. The zero-order valence-electron chi connectivity index (χ0n) is 14.3. The molecule has 0 radical (unpaired) electrons. The van der Waals surface area contributed by atoms with Crippen molar-refractivity contribution in [3.63, 3.8) is 0 Å². The van der Waals surface area contributed by atoms with Crippen molar-refractivity contribution in [2.24, 2.45) is 5.92 Å². The van der Waals surface area contributed by atoms with Crippen LogP contribution in [0.2, 0.25) is 0 Å². The van der Waals surface area contributed by atoms with E-state index in [1.165, 1.54) is 0 Å². The molecule has 0 saturated carbocycles. The largest absolute Gasteiger partial charge is 0.486 e. The van der Waals surface area contributed by atoms with Crippen LogP contribution in [-0.4, -0.2) is 63.2 Å². The van der Waals surface area contributed by atoms with Crippen molar-refractivity contribution in [1.29, 1.82) is 0 Å². The molecule has 2 unspecified atom stereocenters. The molecule has 1 saturated heterocycles. The van der Waals surface area contributed by atoms with E-state index in [2.05, 4.69) is 5.32 Å². The van der Waals surface area contributed by atoms with Crippen LogP contribution in [-0.2, 0) is 9.84 Å². The first-order valence-electron chi connectivity index (χ1n) is 8.54. The van der Waals surface area contributed by atoms with Gasteiger partial charge in [0.15, 0.2) is 21.3 Å². The Morgan fingerprint density at radius 1 is 1.32 bits per heavy atom. The number of fused-ring (bicyclic) bond motifs is 1. The van der Waals surface area contributed by atoms with Gasteiger partial charge in [-0.25, -0.2) is 13.2 Å². The summed E-state index contributed by atoms with van der Waals surface area (Å²) >= 11 is 0. The Kier molecular flexibility index (Phi) is 5.36. The lowest BCUT2D eigenvalue weighted by atomic mass is 10.2. The Hall–Kier alpha value is -1.96. The normalized spacial score (nSPS) is 25.1. The number of amides is 2. The second-order valence-electron chi connectivity index (χ2n) is 6.68. The first-order chi connectivity index (χ1) is 11.9. The topological polar surface area (TPSA) is 84.9 Å². The zero-order valence-corrected chi connectivity index (χ0v) is 15.1. The molecule has 0 aromatic heterocycles. The van der Waals surface area contributed by atoms with E-state index in [0.29, 0.717) is 26.1 Å². The highest BCUT2D eigenvalue weighted by Gasteiger charge is 2.27. The fourth-order valence-electron chi connectivity index (χ4n) is 3.13. The van der Waals surface area contributed by atoms with Crippen molar-refractivity contribution < 1.29 is 22.7 Å². The number of hydrogen-bond acceptors (Lipinski definition) is 5. The predicted octanol–water partition coefficient (Wildman–Crippen LogP) is 1.29. The lowest BCUT2D eigenvalue weighted by Crippen LogP contribution is -2.44. The number of carbonyl (C=O) groups is 1. The lowest BCUT2D eigenvalue weighted by Gasteiger charge is -2.27. The van der Waals surface area contributed by atoms with Crippen LogP contribution in [0, 0.1) is 5.92 Å². The van der Waals surface area contributed by atoms with Crippen LogP contribution in [0.3, 0.4) is 0 Å². The fourth-order valence-corrected chi connectivity index (χ4v) is 4.77. The summed E-state index contributed by atoms with van der Waals surface area (Å²) in [4.78, 5) is 13.9. The van der Waals surface area contributed by atoms with Gasteiger partial charge in [-0.2, -0.15) is 0 Å². The van der Waals surface area contributed by atoms with Gasteiger partial charge in [-0.15, -0.1) is 0 Å². The first kappa shape index (κ1) is 17.8. The molecular formula is C17H24N2O5S. The van der Waals surface area contributed by atoms with Crippen molar-refractivity contribution >= 4 is 15.9 Å². The number of hydrogen-bond donors (Lipinski definition) is 1. The van der Waals surface area contributed by atoms with Gasteiger partial charge in [-0.1, -0.05) is 19.1 Å². The lowest BCUT2D eigenvalue weighted by molar-refractivity contribution is 0.0849. The maximum absolute atomic E-state index is 12.3. The third-order valence-corrected chi connectivity index (χ3v) is 6.22. The van der Waals surface area contributed by atoms with Crippen LogP contribution in [0.5, 0.6) is 11.5 Å². The van der Waals surface area contributed by atoms with E-state index in [0.717, 1.165) is 11.5 Å². The summed E-state index contributed by atoms with van der Waals surface area (Å²) in [6.07, 6.45) is 0.514. The second-order valence-corrected chi connectivity index (χ2v) is 8.91. The number of carbonyl (C=O) groups excluding carboxylic acids is 1. The number of rotatable bonds is 3. The molecule has 7 nitrogen and oxygen atoms in total. The average Bonchev–Trinajstić information content (AvgIpc) is 2.71. The molecule has 1 aromatic carbocycles. The highest BCUT2D eigenvalue weighted by Crippen LogP contribution is 2.31. The van der Waals surface area contributed by atoms with Gasteiger partial charge >= 0.3 is 6.03 Å². The van der Waals surface area contributed by atoms with Gasteiger partial charge < -0.3 is 19.7 Å². The molecule has 1 N–H and O–H groups in total. The summed E-state index contributed by atoms with van der Waals surface area (Å²) in [6.45, 7) is 3.46. The van der Waals surface area contributed by atoms with Crippen LogP contribution in [0.1, 0.15) is 13.3 Å². The number of urea groups is 1. The molecule has 0 spiro atoms. The Balaban J connectivity index is 1.45. The molecule has 2 aliphatic rings. The van der Waals surface area contributed by atoms with Crippen LogP contribution >= 0.6 is 0 Å². The van der Waals surface area contributed by atoms with Crippen molar-refractivity contribution in [2.45, 2.75) is 19.4 Å². The highest BCUT2D eigenvalue weighted by molar-refractivity contribution is 7.91. The van der Waals surface area contributed by atoms with Gasteiger partial charge in [0.25, 0.3) is 0 Å². The van der Waals surface area contributed by atoms with E-state index < -0.39 is 9.84 Å². The van der Waals surface area contributed by atoms with Crippen molar-refractivity contribution in [3.05, 3.63) is 24.3 Å². The summed E-state index contributed by atoms with van der Waals surface area (Å²) < 4.78 is 35.1. The second kappa shape index (κ2) is 7.51. The Morgan fingerprint density at radius 2 is 2.08 bits per heavy atom. The molecule has 3 rings (SSSR count). The van der Waals surface area contributed by atoms with E-state index in [4.69, 9.17) is 9.47 Å².